The van der Waals surface area contributed by atoms with Crippen molar-refractivity contribution in [3.8, 4) is 0 Å². The fraction of sp³-hybridized carbons (Fsp3) is 0.778. The van der Waals surface area contributed by atoms with E-state index in [1.165, 1.54) is 19.3 Å². The van der Waals surface area contributed by atoms with Crippen LogP contribution in [0.4, 0.5) is 0 Å². The Morgan fingerprint density at radius 1 is 1.18 bits per heavy atom. The first-order chi connectivity index (χ1) is 5.45. The first-order valence-electron chi connectivity index (χ1n) is 4.44. The normalized spacial score (nSPS) is 31.8. The smallest absolute Gasteiger partial charge is 0.0643 e. The van der Waals surface area contributed by atoms with Gasteiger partial charge in [-0.3, -0.25) is 0 Å². The van der Waals surface area contributed by atoms with Gasteiger partial charge in [0, 0.05) is 6.04 Å². The van der Waals surface area contributed by atoms with Gasteiger partial charge in [-0.1, -0.05) is 12.2 Å². The molecule has 1 fully saturated rings. The molecule has 2 heteroatoms. The minimum Gasteiger partial charge on any atom is -0.378 e. The van der Waals surface area contributed by atoms with Gasteiger partial charge in [0.15, 0.2) is 0 Å². The van der Waals surface area contributed by atoms with E-state index in [0.717, 1.165) is 13.2 Å². The summed E-state index contributed by atoms with van der Waals surface area (Å²) in [6, 6.07) is 1.36. The molecule has 1 aliphatic carbocycles. The van der Waals surface area contributed by atoms with Crippen LogP contribution in [0.15, 0.2) is 12.2 Å². The van der Waals surface area contributed by atoms with Crippen LogP contribution in [0, 0.1) is 0 Å². The Bertz CT molecular complexity index is 152. The van der Waals surface area contributed by atoms with Crippen LogP contribution in [0.5, 0.6) is 0 Å². The van der Waals surface area contributed by atoms with E-state index in [1.807, 2.05) is 0 Å². The molecule has 0 saturated carbocycles. The van der Waals surface area contributed by atoms with Gasteiger partial charge >= 0.3 is 0 Å². The highest BCUT2D eigenvalue weighted by Crippen LogP contribution is 2.12. The van der Waals surface area contributed by atoms with Crippen molar-refractivity contribution in [2.45, 2.75) is 31.3 Å². The molecule has 1 aliphatic heterocycles. The van der Waals surface area contributed by atoms with Crippen molar-refractivity contribution in [3.63, 3.8) is 0 Å². The quantitative estimate of drug-likeness (QED) is 0.599. The second-order valence-corrected chi connectivity index (χ2v) is 3.38. The van der Waals surface area contributed by atoms with E-state index >= 15 is 0 Å². The van der Waals surface area contributed by atoms with Crippen molar-refractivity contribution in [3.05, 3.63) is 12.2 Å². The van der Waals surface area contributed by atoms with Crippen LogP contribution < -0.4 is 5.32 Å². The number of hydrogen-bond donors (Lipinski definition) is 1. The molecular formula is C9H15NO. The Morgan fingerprint density at radius 3 is 2.64 bits per heavy atom. The van der Waals surface area contributed by atoms with Gasteiger partial charge in [0.05, 0.1) is 19.3 Å². The van der Waals surface area contributed by atoms with E-state index in [9.17, 15) is 0 Å². The number of allylic oxidation sites excluding steroid dienone is 1. The third kappa shape index (κ3) is 1.82. The second kappa shape index (κ2) is 3.37. The summed E-state index contributed by atoms with van der Waals surface area (Å²) >= 11 is 0. The molecule has 0 aromatic carbocycles. The maximum atomic E-state index is 5.10. The average Bonchev–Trinajstić information content (AvgIpc) is 1.99. The van der Waals surface area contributed by atoms with Crippen molar-refractivity contribution < 1.29 is 4.74 Å². The van der Waals surface area contributed by atoms with E-state index in [4.69, 9.17) is 4.74 Å². The summed E-state index contributed by atoms with van der Waals surface area (Å²) in [5, 5.41) is 3.58. The molecule has 1 atom stereocenters. The summed E-state index contributed by atoms with van der Waals surface area (Å²) in [4.78, 5) is 0. The molecule has 2 aliphatic rings. The lowest BCUT2D eigenvalue weighted by atomic mass is 10.0. The van der Waals surface area contributed by atoms with Gasteiger partial charge in [-0.15, -0.1) is 0 Å². The first kappa shape index (κ1) is 7.32. The molecule has 0 aromatic heterocycles. The van der Waals surface area contributed by atoms with Crippen LogP contribution in [0.1, 0.15) is 19.3 Å². The summed E-state index contributed by atoms with van der Waals surface area (Å²) < 4.78 is 5.10. The minimum absolute atomic E-state index is 0.645. The number of nitrogens with one attached hydrogen (secondary N) is 1. The molecule has 1 N–H and O–H groups in total. The lowest BCUT2D eigenvalue weighted by Gasteiger charge is -2.32. The summed E-state index contributed by atoms with van der Waals surface area (Å²) in [6.07, 6.45) is 8.30. The van der Waals surface area contributed by atoms with Crippen LogP contribution in [0.3, 0.4) is 0 Å². The standard InChI is InChI=1S/C9H15NO/c1-2-4-8(5-3-1)10-9-6-11-7-9/h1-2,8-10H,3-7H2. The molecule has 1 heterocycles. The second-order valence-electron chi connectivity index (χ2n) is 3.38. The zero-order chi connectivity index (χ0) is 7.52. The third-order valence-corrected chi connectivity index (χ3v) is 2.38. The number of hydrogen-bond acceptors (Lipinski definition) is 2. The third-order valence-electron chi connectivity index (χ3n) is 2.38. The molecule has 2 nitrogen and oxygen atoms in total. The zero-order valence-electron chi connectivity index (χ0n) is 6.75. The molecule has 11 heavy (non-hydrogen) atoms. The van der Waals surface area contributed by atoms with Crippen molar-refractivity contribution >= 4 is 0 Å². The van der Waals surface area contributed by atoms with Gasteiger partial charge in [-0.2, -0.15) is 0 Å². The Morgan fingerprint density at radius 2 is 2.09 bits per heavy atom. The molecule has 1 unspecified atom stereocenters. The van der Waals surface area contributed by atoms with Crippen molar-refractivity contribution in [1.82, 2.24) is 5.32 Å². The summed E-state index contributed by atoms with van der Waals surface area (Å²) in [6.45, 7) is 1.83. The molecule has 0 spiro atoms. The first-order valence-corrected chi connectivity index (χ1v) is 4.44. The van der Waals surface area contributed by atoms with Gasteiger partial charge in [0.1, 0.15) is 0 Å². The van der Waals surface area contributed by atoms with Crippen LogP contribution in [-0.2, 0) is 4.74 Å². The van der Waals surface area contributed by atoms with E-state index in [2.05, 4.69) is 17.5 Å². The molecule has 0 radical (unpaired) electrons. The monoisotopic (exact) mass is 153 g/mol. The lowest BCUT2D eigenvalue weighted by molar-refractivity contribution is -0.0104. The molecular weight excluding hydrogens is 138 g/mol. The Balaban J connectivity index is 1.72. The Kier molecular flexibility index (Phi) is 2.24. The predicted molar refractivity (Wildman–Crippen MR) is 44.5 cm³/mol. The minimum atomic E-state index is 0.645. The van der Waals surface area contributed by atoms with Crippen molar-refractivity contribution in [2.75, 3.05) is 13.2 Å². The van der Waals surface area contributed by atoms with Crippen LogP contribution >= 0.6 is 0 Å². The maximum Gasteiger partial charge on any atom is 0.0643 e. The fourth-order valence-electron chi connectivity index (χ4n) is 1.61. The van der Waals surface area contributed by atoms with Gasteiger partial charge in [0.2, 0.25) is 0 Å². The molecule has 2 rings (SSSR count). The maximum absolute atomic E-state index is 5.10. The number of rotatable bonds is 2. The van der Waals surface area contributed by atoms with Gasteiger partial charge in [0.25, 0.3) is 0 Å². The highest BCUT2D eigenvalue weighted by Gasteiger charge is 2.21. The molecule has 0 bridgehead atoms. The van der Waals surface area contributed by atoms with Crippen LogP contribution in [0.25, 0.3) is 0 Å². The van der Waals surface area contributed by atoms with Crippen molar-refractivity contribution in [2.24, 2.45) is 0 Å². The lowest BCUT2D eigenvalue weighted by Crippen LogP contribution is -2.50. The molecule has 0 amide bonds. The predicted octanol–water partition coefficient (Wildman–Crippen LogP) is 1.08. The van der Waals surface area contributed by atoms with Crippen molar-refractivity contribution in [1.29, 1.82) is 0 Å². The van der Waals surface area contributed by atoms with E-state index in [1.54, 1.807) is 0 Å². The molecule has 0 aromatic rings. The fourth-order valence-corrected chi connectivity index (χ4v) is 1.61. The number of ether oxygens (including phenoxy) is 1. The van der Waals surface area contributed by atoms with E-state index in [-0.39, 0.29) is 0 Å². The summed E-state index contributed by atoms with van der Waals surface area (Å²) in [5.74, 6) is 0. The zero-order valence-corrected chi connectivity index (χ0v) is 6.75. The van der Waals surface area contributed by atoms with Crippen LogP contribution in [-0.4, -0.2) is 25.3 Å². The molecule has 62 valence electrons. The van der Waals surface area contributed by atoms with E-state index in [0.29, 0.717) is 12.1 Å². The summed E-state index contributed by atoms with van der Waals surface area (Å²) in [7, 11) is 0. The van der Waals surface area contributed by atoms with Crippen LogP contribution in [0.2, 0.25) is 0 Å². The van der Waals surface area contributed by atoms with E-state index < -0.39 is 0 Å². The average molecular weight is 153 g/mol. The highest BCUT2D eigenvalue weighted by atomic mass is 16.5. The highest BCUT2D eigenvalue weighted by molar-refractivity contribution is 4.94. The SMILES string of the molecule is C1=CCC(NC2COC2)CC1. The Hall–Kier alpha value is -0.340. The largest absolute Gasteiger partial charge is 0.378 e. The summed E-state index contributed by atoms with van der Waals surface area (Å²) in [5.41, 5.74) is 0. The molecule has 1 saturated heterocycles. The van der Waals surface area contributed by atoms with Gasteiger partial charge in [-0.25, -0.2) is 0 Å². The Labute approximate surface area is 67.6 Å². The topological polar surface area (TPSA) is 21.3 Å². The van der Waals surface area contributed by atoms with Gasteiger partial charge in [-0.05, 0) is 19.3 Å². The van der Waals surface area contributed by atoms with Gasteiger partial charge < -0.3 is 10.1 Å².